The largest absolute Gasteiger partial charge is 1.00 e. The van der Waals surface area contributed by atoms with Crippen LogP contribution in [0.3, 0.4) is 0 Å². The second-order valence-electron chi connectivity index (χ2n) is 7.23. The van der Waals surface area contributed by atoms with Crippen molar-refractivity contribution in [3.8, 4) is 11.1 Å². The molecule has 1 aliphatic rings. The molecule has 0 fully saturated rings. The van der Waals surface area contributed by atoms with Gasteiger partial charge in [-0.25, -0.2) is 12.1 Å². The van der Waals surface area contributed by atoms with Gasteiger partial charge in [-0.05, 0) is 6.42 Å². The Kier molecular flexibility index (Phi) is 12.9. The van der Waals surface area contributed by atoms with E-state index in [4.69, 9.17) is 0 Å². The van der Waals surface area contributed by atoms with Crippen LogP contribution in [0.25, 0.3) is 11.1 Å². The molecule has 0 heterocycles. The Morgan fingerprint density at radius 3 is 2.00 bits per heavy atom. The summed E-state index contributed by atoms with van der Waals surface area (Å²) in [5.41, 5.74) is 5.51. The molecule has 1 aliphatic carbocycles. The molecule has 0 nitrogen and oxygen atoms in total. The van der Waals surface area contributed by atoms with Crippen molar-refractivity contribution >= 4 is 12.5 Å². The fourth-order valence-corrected chi connectivity index (χ4v) is 2.32. The monoisotopic (exact) mass is 506 g/mol. The zero-order valence-electron chi connectivity index (χ0n) is 16.4. The van der Waals surface area contributed by atoms with E-state index in [9.17, 15) is 0 Å². The van der Waals surface area contributed by atoms with Crippen LogP contribution in [-0.2, 0) is 29.8 Å². The van der Waals surface area contributed by atoms with Crippen LogP contribution >= 0.6 is 0 Å². The van der Waals surface area contributed by atoms with Crippen LogP contribution < -0.4 is 24.8 Å². The smallest absolute Gasteiger partial charge is 0.0253 e. The van der Waals surface area contributed by atoms with Gasteiger partial charge in [0, 0.05) is 0 Å². The minimum Gasteiger partial charge on any atom is -1.00 e. The zero-order chi connectivity index (χ0) is 18.3. The van der Waals surface area contributed by atoms with Crippen molar-refractivity contribution in [1.82, 2.24) is 0 Å². The van der Waals surface area contributed by atoms with Gasteiger partial charge in [0.15, 0.2) is 0 Å². The normalized spacial score (nSPS) is 10.4. The standard InChI is InChI=1S/C13H9.C5H5.C4H12Si2.2ClH.Zr/c1-3-7-12-10(5-1)9-11-6-2-4-8-13(11)12;1-2-4-5-3-1;1-5-6(2,3)4;;;/h1-5,7-8H,9H2;1-5H;1-4H3;2*1H;/q2*-1;;;;+2/p-2. The summed E-state index contributed by atoms with van der Waals surface area (Å²) in [5.74, 6) is 0. The Bertz CT molecular complexity index is 748. The molecule has 0 amide bonds. The first-order valence-corrected chi connectivity index (χ1v) is 18.9. The number of hydrogen-bond donors (Lipinski definition) is 0. The van der Waals surface area contributed by atoms with Gasteiger partial charge in [-0.3, -0.25) is 0 Å². The van der Waals surface area contributed by atoms with E-state index in [1.807, 2.05) is 59.7 Å². The quantitative estimate of drug-likeness (QED) is 0.252. The number of hydrogen-bond acceptors (Lipinski definition) is 0. The predicted molar refractivity (Wildman–Crippen MR) is 111 cm³/mol. The first-order chi connectivity index (χ1) is 11.9. The maximum atomic E-state index is 3.30. The van der Waals surface area contributed by atoms with Crippen molar-refractivity contribution in [2.24, 2.45) is 0 Å². The van der Waals surface area contributed by atoms with Crippen LogP contribution in [0.1, 0.15) is 11.1 Å². The maximum Gasteiger partial charge on any atom is -0.0253 e. The molecule has 0 unspecified atom stereocenters. The second kappa shape index (κ2) is 13.0. The topological polar surface area (TPSA) is 0 Å². The van der Waals surface area contributed by atoms with Gasteiger partial charge < -0.3 is 24.8 Å². The minimum atomic E-state index is -0.593. The fraction of sp³-hybridized carbons (Fsp3) is 0.227. The molecule has 0 bridgehead atoms. The average Bonchev–Trinajstić information content (AvgIpc) is 3.26. The first kappa shape index (κ1) is 26.7. The number of benzene rings is 2. The third-order valence-electron chi connectivity index (χ3n) is 4.30. The number of fused-ring (bicyclic) bond motifs is 3. The van der Waals surface area contributed by atoms with E-state index < -0.39 is 7.59 Å². The molecule has 3 aromatic carbocycles. The number of halogens is 2. The molecule has 3 aromatic rings. The van der Waals surface area contributed by atoms with Crippen molar-refractivity contribution in [2.45, 2.75) is 32.6 Å². The molecule has 0 saturated carbocycles. The van der Waals surface area contributed by atoms with E-state index >= 15 is 0 Å². The molecule has 0 saturated heterocycles. The minimum absolute atomic E-state index is 0. The molecule has 0 radical (unpaired) electrons. The molecule has 0 spiro atoms. The van der Waals surface area contributed by atoms with Crippen molar-refractivity contribution in [1.29, 1.82) is 0 Å². The van der Waals surface area contributed by atoms with Crippen LogP contribution in [0.5, 0.6) is 0 Å². The van der Waals surface area contributed by atoms with Gasteiger partial charge in [0.05, 0.1) is 0 Å². The fourth-order valence-electron chi connectivity index (χ4n) is 2.32. The Morgan fingerprint density at radius 1 is 0.926 bits per heavy atom. The van der Waals surface area contributed by atoms with E-state index in [1.54, 1.807) is 0 Å². The SMILES string of the molecule is C[Si](=[Zr+2])[Si](C)(C)C.[Cl-].[Cl-].[c-]1cccc2c1Cc1ccccc1-2.c1cc[cH-]c1. The molecular formula is C22H26Cl2Si2Zr-2. The van der Waals surface area contributed by atoms with Gasteiger partial charge in [0.1, 0.15) is 0 Å². The molecule has 5 heteroatoms. The third kappa shape index (κ3) is 8.71. The zero-order valence-corrected chi connectivity index (χ0v) is 22.4. The third-order valence-corrected chi connectivity index (χ3v) is 29.9. The summed E-state index contributed by atoms with van der Waals surface area (Å²) in [6, 6.07) is 28.1. The molecule has 0 N–H and O–H groups in total. The van der Waals surface area contributed by atoms with E-state index in [2.05, 4.69) is 68.7 Å². The Morgan fingerprint density at radius 2 is 1.48 bits per heavy atom. The summed E-state index contributed by atoms with van der Waals surface area (Å²) in [6.45, 7) is 9.86. The Balaban J connectivity index is 0.000000416. The van der Waals surface area contributed by atoms with Crippen LogP contribution in [0.4, 0.5) is 0 Å². The molecule has 4 rings (SSSR count). The van der Waals surface area contributed by atoms with Gasteiger partial charge in [0.2, 0.25) is 0 Å². The predicted octanol–water partition coefficient (Wildman–Crippen LogP) is 0.0426. The van der Waals surface area contributed by atoms with Crippen LogP contribution in [0.2, 0.25) is 26.2 Å². The summed E-state index contributed by atoms with van der Waals surface area (Å²) >= 11 is 1.82. The molecule has 27 heavy (non-hydrogen) atoms. The van der Waals surface area contributed by atoms with Gasteiger partial charge in [-0.2, -0.15) is 48.0 Å². The molecular weight excluding hydrogens is 483 g/mol. The van der Waals surface area contributed by atoms with Crippen molar-refractivity contribution < 1.29 is 48.1 Å². The average molecular weight is 509 g/mol. The van der Waals surface area contributed by atoms with Crippen LogP contribution in [0.15, 0.2) is 72.8 Å². The van der Waals surface area contributed by atoms with Crippen molar-refractivity contribution in [2.75, 3.05) is 0 Å². The Labute approximate surface area is 193 Å². The van der Waals surface area contributed by atoms with E-state index in [0.717, 1.165) is 6.42 Å². The van der Waals surface area contributed by atoms with Crippen LogP contribution in [-0.4, -0.2) is 12.5 Å². The summed E-state index contributed by atoms with van der Waals surface area (Å²) in [4.78, 5) is 0.179. The van der Waals surface area contributed by atoms with Crippen molar-refractivity contribution in [3.63, 3.8) is 0 Å². The van der Waals surface area contributed by atoms with Crippen LogP contribution in [0, 0.1) is 6.07 Å². The summed E-state index contributed by atoms with van der Waals surface area (Å²) in [5, 5.41) is 0. The first-order valence-electron chi connectivity index (χ1n) is 8.70. The Hall–Kier alpha value is -0.313. The summed E-state index contributed by atoms with van der Waals surface area (Å²) in [6.07, 6.45) is 1.05. The molecule has 0 atom stereocenters. The molecule has 0 aliphatic heterocycles. The summed E-state index contributed by atoms with van der Waals surface area (Å²) in [7, 11) is -0.593. The molecule has 0 aromatic heterocycles. The summed E-state index contributed by atoms with van der Waals surface area (Å²) < 4.78 is 0. The molecule has 142 valence electrons. The van der Waals surface area contributed by atoms with Crippen molar-refractivity contribution in [3.05, 3.63) is 90.0 Å². The van der Waals surface area contributed by atoms with Gasteiger partial charge in [-0.15, -0.1) is 5.56 Å². The second-order valence-corrected chi connectivity index (χ2v) is 29.0. The van der Waals surface area contributed by atoms with E-state index in [0.29, 0.717) is 0 Å². The van der Waals surface area contributed by atoms with Gasteiger partial charge in [-0.1, -0.05) is 35.4 Å². The maximum absolute atomic E-state index is 3.30. The number of rotatable bonds is 1. The van der Waals surface area contributed by atoms with E-state index in [1.165, 1.54) is 22.3 Å². The van der Waals surface area contributed by atoms with Gasteiger partial charge in [0.25, 0.3) is 0 Å². The van der Waals surface area contributed by atoms with E-state index in [-0.39, 0.29) is 29.8 Å². The van der Waals surface area contributed by atoms with Gasteiger partial charge >= 0.3 is 62.1 Å².